The molecule has 2 aliphatic heterocycles. The lowest BCUT2D eigenvalue weighted by atomic mass is 9.76. The summed E-state index contributed by atoms with van der Waals surface area (Å²) in [5.74, 6) is -0.787. The number of anilines is 2. The predicted molar refractivity (Wildman–Crippen MR) is 167 cm³/mol. The standard InChI is InChI=1S/C31H32BrClF3N5O5/c1-2-44-27(42)23-16-30(18-41(23)29(43)45-17-19-6-4-3-5-7-19)10-12-40(13-11-30)24-15-25(39-28(37)38-24)46-26(31(34,35)36)21-9-8-20(33)14-22(21)32/h3-9,14-15,23,26H,2,10-13,16-18H2,1H3,(H2,37,38,39)/t23-,26-/m0/s1. The molecular formula is C31H32BrClF3N5O5. The van der Waals surface area contributed by atoms with Crippen LogP contribution in [0.25, 0.3) is 0 Å². The largest absolute Gasteiger partial charge is 0.464 e. The van der Waals surface area contributed by atoms with Crippen molar-refractivity contribution in [3.8, 4) is 5.88 Å². The molecule has 2 N–H and O–H groups in total. The maximum absolute atomic E-state index is 14.1. The van der Waals surface area contributed by atoms with Gasteiger partial charge >= 0.3 is 18.2 Å². The molecule has 2 atom stereocenters. The molecule has 10 nitrogen and oxygen atoms in total. The SMILES string of the molecule is CCOC(=O)[C@@H]1CC2(CCN(c3cc(O[C@@H](c4ccc(Cl)cc4Br)C(F)(F)F)nc(N)n3)CC2)CN1C(=O)OCc1ccccc1. The number of nitrogens with two attached hydrogens (primary N) is 1. The number of nitrogen functional groups attached to an aromatic ring is 1. The average molecular weight is 727 g/mol. The van der Waals surface area contributed by atoms with Crippen LogP contribution in [0, 0.1) is 5.41 Å². The third kappa shape index (κ3) is 7.77. The van der Waals surface area contributed by atoms with Crippen LogP contribution in [-0.2, 0) is 20.9 Å². The van der Waals surface area contributed by atoms with Gasteiger partial charge in [-0.2, -0.15) is 23.1 Å². The van der Waals surface area contributed by atoms with Crippen molar-refractivity contribution in [2.24, 2.45) is 5.41 Å². The Hall–Kier alpha value is -3.78. The highest BCUT2D eigenvalue weighted by molar-refractivity contribution is 9.10. The van der Waals surface area contributed by atoms with E-state index in [1.807, 2.05) is 35.2 Å². The number of hydrogen-bond donors (Lipinski definition) is 1. The molecule has 246 valence electrons. The van der Waals surface area contributed by atoms with Gasteiger partial charge in [-0.25, -0.2) is 9.59 Å². The molecule has 1 amide bonds. The van der Waals surface area contributed by atoms with Gasteiger partial charge in [-0.3, -0.25) is 4.90 Å². The molecule has 5 rings (SSSR count). The minimum absolute atomic E-state index is 0.0657. The Morgan fingerprint density at radius 2 is 1.83 bits per heavy atom. The fourth-order valence-electron chi connectivity index (χ4n) is 5.87. The van der Waals surface area contributed by atoms with Crippen LogP contribution < -0.4 is 15.4 Å². The number of piperidine rings is 1. The Labute approximate surface area is 277 Å². The highest BCUT2D eigenvalue weighted by Gasteiger charge is 2.51. The van der Waals surface area contributed by atoms with Crippen LogP contribution in [-0.4, -0.2) is 65.4 Å². The van der Waals surface area contributed by atoms with Gasteiger partial charge in [0, 0.05) is 40.8 Å². The molecule has 0 unspecified atom stereocenters. The molecule has 3 heterocycles. The van der Waals surface area contributed by atoms with Gasteiger partial charge < -0.3 is 24.8 Å². The van der Waals surface area contributed by atoms with Gasteiger partial charge in [-0.1, -0.05) is 63.9 Å². The molecule has 2 aliphatic rings. The minimum atomic E-state index is -4.78. The number of likely N-dealkylation sites (tertiary alicyclic amines) is 1. The zero-order valence-electron chi connectivity index (χ0n) is 24.8. The van der Waals surface area contributed by atoms with E-state index in [9.17, 15) is 22.8 Å². The summed E-state index contributed by atoms with van der Waals surface area (Å²) in [4.78, 5) is 37.5. The van der Waals surface area contributed by atoms with Crippen molar-refractivity contribution < 1.29 is 37.0 Å². The molecule has 1 aromatic heterocycles. The van der Waals surface area contributed by atoms with E-state index in [2.05, 4.69) is 25.9 Å². The number of alkyl halides is 3. The quantitative estimate of drug-likeness (QED) is 0.253. The van der Waals surface area contributed by atoms with Crippen molar-refractivity contribution in [3.63, 3.8) is 0 Å². The molecule has 3 aromatic rings. The number of nitrogens with zero attached hydrogens (tertiary/aromatic N) is 4. The number of esters is 1. The fourth-order valence-corrected chi connectivity index (χ4v) is 6.76. The van der Waals surface area contributed by atoms with Gasteiger partial charge in [0.2, 0.25) is 17.9 Å². The first kappa shape index (κ1) is 33.6. The summed E-state index contributed by atoms with van der Waals surface area (Å²) in [6, 6.07) is 13.7. The number of rotatable bonds is 8. The van der Waals surface area contributed by atoms with E-state index in [4.69, 9.17) is 31.5 Å². The molecule has 0 aliphatic carbocycles. The zero-order chi connectivity index (χ0) is 33.1. The first-order valence-electron chi connectivity index (χ1n) is 14.6. The maximum atomic E-state index is 14.1. The number of amides is 1. The summed E-state index contributed by atoms with van der Waals surface area (Å²) in [5, 5.41) is 0.260. The molecule has 2 aromatic carbocycles. The molecule has 0 saturated carbocycles. The summed E-state index contributed by atoms with van der Waals surface area (Å²) in [6.45, 7) is 3.10. The van der Waals surface area contributed by atoms with Crippen molar-refractivity contribution in [2.75, 3.05) is 36.9 Å². The summed E-state index contributed by atoms with van der Waals surface area (Å²) >= 11 is 9.06. The first-order valence-corrected chi connectivity index (χ1v) is 15.8. The highest BCUT2D eigenvalue weighted by Crippen LogP contribution is 2.45. The average Bonchev–Trinajstić information content (AvgIpc) is 3.38. The summed E-state index contributed by atoms with van der Waals surface area (Å²) in [7, 11) is 0. The van der Waals surface area contributed by atoms with Gasteiger partial charge in [0.1, 0.15) is 18.5 Å². The Kier molecular flexibility index (Phi) is 10.2. The van der Waals surface area contributed by atoms with Crippen molar-refractivity contribution in [1.29, 1.82) is 0 Å². The van der Waals surface area contributed by atoms with Crippen LogP contribution in [0.1, 0.15) is 43.4 Å². The Morgan fingerprint density at radius 3 is 2.48 bits per heavy atom. The van der Waals surface area contributed by atoms with E-state index in [0.29, 0.717) is 44.7 Å². The molecule has 0 radical (unpaired) electrons. The highest BCUT2D eigenvalue weighted by atomic mass is 79.9. The number of carbonyl (C=O) groups excluding carboxylic acids is 2. The Morgan fingerprint density at radius 1 is 1.11 bits per heavy atom. The van der Waals surface area contributed by atoms with Crippen LogP contribution >= 0.6 is 27.5 Å². The van der Waals surface area contributed by atoms with Crippen molar-refractivity contribution in [3.05, 3.63) is 75.2 Å². The number of carbonyl (C=O) groups is 2. The molecule has 2 fully saturated rings. The van der Waals surface area contributed by atoms with Crippen LogP contribution in [0.4, 0.5) is 29.7 Å². The van der Waals surface area contributed by atoms with Crippen LogP contribution in [0.5, 0.6) is 5.88 Å². The first-order chi connectivity index (χ1) is 21.9. The van der Waals surface area contributed by atoms with E-state index in [0.717, 1.165) is 5.56 Å². The van der Waals surface area contributed by atoms with E-state index >= 15 is 0 Å². The summed E-state index contributed by atoms with van der Waals surface area (Å²) in [6.07, 6.45) is -6.21. The van der Waals surface area contributed by atoms with Crippen molar-refractivity contribution >= 4 is 51.4 Å². The normalized spacial score (nSPS) is 18.3. The lowest BCUT2D eigenvalue weighted by Crippen LogP contribution is -2.43. The molecule has 15 heteroatoms. The topological polar surface area (TPSA) is 120 Å². The van der Waals surface area contributed by atoms with Gasteiger partial charge in [-0.05, 0) is 49.3 Å². The number of aromatic nitrogens is 2. The zero-order valence-corrected chi connectivity index (χ0v) is 27.1. The smallest absolute Gasteiger partial charge is 0.429 e. The molecule has 46 heavy (non-hydrogen) atoms. The van der Waals surface area contributed by atoms with Gasteiger partial charge in [0.15, 0.2) is 0 Å². The van der Waals surface area contributed by atoms with Gasteiger partial charge in [0.05, 0.1) is 6.61 Å². The monoisotopic (exact) mass is 725 g/mol. The molecule has 1 spiro atoms. The van der Waals surface area contributed by atoms with E-state index < -0.39 is 35.8 Å². The Bertz CT molecular complexity index is 1560. The number of halogens is 5. The van der Waals surface area contributed by atoms with Gasteiger partial charge in [-0.15, -0.1) is 0 Å². The number of ether oxygens (including phenoxy) is 3. The second-order valence-electron chi connectivity index (χ2n) is 11.3. The third-order valence-electron chi connectivity index (χ3n) is 8.14. The van der Waals surface area contributed by atoms with Crippen molar-refractivity contribution in [1.82, 2.24) is 14.9 Å². The minimum Gasteiger partial charge on any atom is -0.464 e. The lowest BCUT2D eigenvalue weighted by molar-refractivity contribution is -0.198. The van der Waals surface area contributed by atoms with E-state index in [1.54, 1.807) is 6.92 Å². The molecular weight excluding hydrogens is 695 g/mol. The van der Waals surface area contributed by atoms with Crippen LogP contribution in [0.3, 0.4) is 0 Å². The summed E-state index contributed by atoms with van der Waals surface area (Å²) in [5.41, 5.74) is 6.15. The Balaban J connectivity index is 1.29. The van der Waals surface area contributed by atoms with Crippen LogP contribution in [0.15, 0.2) is 59.1 Å². The summed E-state index contributed by atoms with van der Waals surface area (Å²) < 4.78 is 58.7. The maximum Gasteiger partial charge on any atom is 0.429 e. The van der Waals surface area contributed by atoms with E-state index in [1.165, 1.54) is 29.2 Å². The number of benzene rings is 2. The second-order valence-corrected chi connectivity index (χ2v) is 12.5. The second kappa shape index (κ2) is 13.9. The van der Waals surface area contributed by atoms with Crippen molar-refractivity contribution in [2.45, 2.75) is 51.1 Å². The van der Waals surface area contributed by atoms with E-state index in [-0.39, 0.29) is 40.1 Å². The van der Waals surface area contributed by atoms with Gasteiger partial charge in [0.25, 0.3) is 0 Å². The van der Waals surface area contributed by atoms with Crippen LogP contribution in [0.2, 0.25) is 5.02 Å². The lowest BCUT2D eigenvalue weighted by Gasteiger charge is -2.39. The number of hydrogen-bond acceptors (Lipinski definition) is 9. The molecule has 2 saturated heterocycles. The molecule has 0 bridgehead atoms. The third-order valence-corrected chi connectivity index (χ3v) is 9.06. The predicted octanol–water partition coefficient (Wildman–Crippen LogP) is 6.72. The fraction of sp³-hybridized carbons (Fsp3) is 0.419.